The Hall–Kier alpha value is -3.26. The summed E-state index contributed by atoms with van der Waals surface area (Å²) in [4.78, 5) is 13.9. The molecule has 158 valence electrons. The van der Waals surface area contributed by atoms with Crippen molar-refractivity contribution in [2.45, 2.75) is 33.9 Å². The van der Waals surface area contributed by atoms with Crippen molar-refractivity contribution >= 4 is 27.9 Å². The first-order valence-electron chi connectivity index (χ1n) is 9.87. The molecule has 2 aromatic heterocycles. The Labute approximate surface area is 188 Å². The van der Waals surface area contributed by atoms with E-state index in [-0.39, 0.29) is 11.9 Å². The highest BCUT2D eigenvalue weighted by Crippen LogP contribution is 2.27. The molecule has 4 aromatic rings. The molecule has 2 aromatic carbocycles. The van der Waals surface area contributed by atoms with Crippen molar-refractivity contribution in [2.24, 2.45) is 0 Å². The molecule has 1 amide bonds. The Balaban J connectivity index is 1.60. The van der Waals surface area contributed by atoms with Crippen molar-refractivity contribution in [1.82, 2.24) is 20.0 Å². The standard InChI is InChI=1S/C23H22BrN5O2/c1-15-22(24)16(2)29(27-15)14-21-25-26-23(31-21)28(17(3)30)13-19-11-7-8-12-20(19)18-9-5-4-6-10-18/h4-12H,13-14H2,1-3H3. The molecule has 0 fully saturated rings. The number of halogens is 1. The molecule has 0 aliphatic carbocycles. The molecule has 2 heterocycles. The number of carbonyl (C=O) groups is 1. The number of aryl methyl sites for hydroxylation is 1. The fourth-order valence-electron chi connectivity index (χ4n) is 3.42. The van der Waals surface area contributed by atoms with Crippen molar-refractivity contribution < 1.29 is 9.21 Å². The van der Waals surface area contributed by atoms with Crippen LogP contribution in [-0.4, -0.2) is 25.9 Å². The molecular formula is C23H22BrN5O2. The minimum atomic E-state index is -0.174. The van der Waals surface area contributed by atoms with Gasteiger partial charge in [0.15, 0.2) is 0 Å². The van der Waals surface area contributed by atoms with Crippen molar-refractivity contribution in [2.75, 3.05) is 4.90 Å². The van der Waals surface area contributed by atoms with Crippen LogP contribution in [0.2, 0.25) is 0 Å². The second-order valence-electron chi connectivity index (χ2n) is 7.25. The van der Waals surface area contributed by atoms with Gasteiger partial charge in [-0.1, -0.05) is 59.7 Å². The van der Waals surface area contributed by atoms with Gasteiger partial charge in [-0.15, -0.1) is 5.10 Å². The average molecular weight is 480 g/mol. The third-order valence-corrected chi connectivity index (χ3v) is 6.22. The van der Waals surface area contributed by atoms with E-state index in [4.69, 9.17) is 4.42 Å². The van der Waals surface area contributed by atoms with E-state index in [9.17, 15) is 4.79 Å². The van der Waals surface area contributed by atoms with E-state index < -0.39 is 0 Å². The number of nitrogens with zero attached hydrogens (tertiary/aromatic N) is 5. The highest BCUT2D eigenvalue weighted by atomic mass is 79.9. The quantitative estimate of drug-likeness (QED) is 0.392. The van der Waals surface area contributed by atoms with Gasteiger partial charge < -0.3 is 4.42 Å². The molecule has 31 heavy (non-hydrogen) atoms. The van der Waals surface area contributed by atoms with Crippen molar-refractivity contribution in [3.05, 3.63) is 81.9 Å². The van der Waals surface area contributed by atoms with Crippen LogP contribution in [0.3, 0.4) is 0 Å². The van der Waals surface area contributed by atoms with Crippen LogP contribution in [0.1, 0.15) is 29.8 Å². The zero-order valence-electron chi connectivity index (χ0n) is 17.5. The number of carbonyl (C=O) groups excluding carboxylic acids is 1. The van der Waals surface area contributed by atoms with Crippen molar-refractivity contribution in [3.63, 3.8) is 0 Å². The largest absolute Gasteiger partial charge is 0.406 e. The molecule has 0 bridgehead atoms. The molecule has 0 aliphatic rings. The number of hydrogen-bond donors (Lipinski definition) is 0. The summed E-state index contributed by atoms with van der Waals surface area (Å²) in [6.45, 7) is 6.04. The molecule has 0 atom stereocenters. The molecule has 7 nitrogen and oxygen atoms in total. The van der Waals surface area contributed by atoms with Gasteiger partial charge in [-0.3, -0.25) is 14.4 Å². The van der Waals surface area contributed by atoms with Gasteiger partial charge in [0.05, 0.1) is 22.4 Å². The van der Waals surface area contributed by atoms with Crippen molar-refractivity contribution in [3.8, 4) is 11.1 Å². The van der Waals surface area contributed by atoms with Crippen LogP contribution in [0, 0.1) is 13.8 Å². The Kier molecular flexibility index (Phi) is 5.99. The highest BCUT2D eigenvalue weighted by Gasteiger charge is 2.21. The second-order valence-corrected chi connectivity index (χ2v) is 8.04. The van der Waals surface area contributed by atoms with Gasteiger partial charge in [0, 0.05) is 6.92 Å². The van der Waals surface area contributed by atoms with Gasteiger partial charge in [0.1, 0.15) is 6.54 Å². The zero-order chi connectivity index (χ0) is 22.0. The summed E-state index contributed by atoms with van der Waals surface area (Å²) in [5.41, 5.74) is 4.99. The Morgan fingerprint density at radius 1 is 1.06 bits per heavy atom. The smallest absolute Gasteiger partial charge is 0.325 e. The lowest BCUT2D eigenvalue weighted by Crippen LogP contribution is -2.28. The summed E-state index contributed by atoms with van der Waals surface area (Å²) < 4.78 is 8.58. The maximum atomic E-state index is 12.4. The van der Waals surface area contributed by atoms with Crippen molar-refractivity contribution in [1.29, 1.82) is 0 Å². The topological polar surface area (TPSA) is 77.1 Å². The van der Waals surface area contributed by atoms with Gasteiger partial charge in [0.2, 0.25) is 11.8 Å². The van der Waals surface area contributed by atoms with Gasteiger partial charge in [0.25, 0.3) is 0 Å². The number of amides is 1. The highest BCUT2D eigenvalue weighted by molar-refractivity contribution is 9.10. The van der Waals surface area contributed by atoms with E-state index in [1.54, 1.807) is 4.68 Å². The summed E-state index contributed by atoms with van der Waals surface area (Å²) in [6, 6.07) is 18.2. The lowest BCUT2D eigenvalue weighted by atomic mass is 9.99. The fraction of sp³-hybridized carbons (Fsp3) is 0.217. The molecule has 4 rings (SSSR count). The number of benzene rings is 2. The Bertz CT molecular complexity index is 1220. The van der Waals surface area contributed by atoms with Crippen LogP contribution in [0.5, 0.6) is 0 Å². The predicted molar refractivity (Wildman–Crippen MR) is 122 cm³/mol. The van der Waals surface area contributed by atoms with E-state index in [1.807, 2.05) is 68.4 Å². The van der Waals surface area contributed by atoms with Crippen LogP contribution in [0.4, 0.5) is 6.01 Å². The molecule has 0 saturated heterocycles. The molecular weight excluding hydrogens is 458 g/mol. The molecule has 0 aliphatic heterocycles. The number of hydrogen-bond acceptors (Lipinski definition) is 5. The maximum Gasteiger partial charge on any atom is 0.325 e. The van der Waals surface area contributed by atoms with E-state index in [0.717, 1.165) is 32.6 Å². The second kappa shape index (κ2) is 8.85. The monoisotopic (exact) mass is 479 g/mol. The van der Waals surface area contributed by atoms with Crippen LogP contribution < -0.4 is 4.90 Å². The SMILES string of the molecule is CC(=O)N(Cc1ccccc1-c1ccccc1)c1nnc(Cn2nc(C)c(Br)c2C)o1. The van der Waals surface area contributed by atoms with Gasteiger partial charge >= 0.3 is 6.01 Å². The zero-order valence-corrected chi connectivity index (χ0v) is 19.1. The third-order valence-electron chi connectivity index (χ3n) is 5.08. The minimum absolute atomic E-state index is 0.172. The first-order valence-corrected chi connectivity index (χ1v) is 10.7. The molecule has 0 unspecified atom stereocenters. The molecule has 0 saturated carbocycles. The lowest BCUT2D eigenvalue weighted by molar-refractivity contribution is -0.116. The van der Waals surface area contributed by atoms with Crippen LogP contribution >= 0.6 is 15.9 Å². The van der Waals surface area contributed by atoms with E-state index >= 15 is 0 Å². The van der Waals surface area contributed by atoms with Gasteiger partial charge in [-0.05, 0) is 46.5 Å². The molecule has 0 N–H and O–H groups in total. The number of aromatic nitrogens is 4. The summed E-state index contributed by atoms with van der Waals surface area (Å²) in [5.74, 6) is 0.211. The molecule has 0 spiro atoms. The maximum absolute atomic E-state index is 12.4. The van der Waals surface area contributed by atoms with E-state index in [0.29, 0.717) is 19.0 Å². The first kappa shape index (κ1) is 21.0. The van der Waals surface area contributed by atoms with E-state index in [2.05, 4.69) is 31.2 Å². The van der Waals surface area contributed by atoms with Crippen LogP contribution in [0.25, 0.3) is 11.1 Å². The van der Waals surface area contributed by atoms with Gasteiger partial charge in [-0.25, -0.2) is 0 Å². The first-order chi connectivity index (χ1) is 14.9. The average Bonchev–Trinajstić information content (AvgIpc) is 3.33. The normalized spacial score (nSPS) is 11.0. The predicted octanol–water partition coefficient (Wildman–Crippen LogP) is 4.91. The number of anilines is 1. The van der Waals surface area contributed by atoms with Crippen LogP contribution in [0.15, 0.2) is 63.5 Å². The third kappa shape index (κ3) is 4.44. The Morgan fingerprint density at radius 2 is 1.77 bits per heavy atom. The molecule has 0 radical (unpaired) electrons. The van der Waals surface area contributed by atoms with Gasteiger partial charge in [-0.2, -0.15) is 5.10 Å². The summed E-state index contributed by atoms with van der Waals surface area (Å²) >= 11 is 3.52. The van der Waals surface area contributed by atoms with Crippen LogP contribution in [-0.2, 0) is 17.9 Å². The summed E-state index contributed by atoms with van der Waals surface area (Å²) in [6.07, 6.45) is 0. The Morgan fingerprint density at radius 3 is 2.45 bits per heavy atom. The fourth-order valence-corrected chi connectivity index (χ4v) is 3.70. The summed E-state index contributed by atoms with van der Waals surface area (Å²) in [7, 11) is 0. The van der Waals surface area contributed by atoms with E-state index in [1.165, 1.54) is 11.8 Å². The number of rotatable bonds is 6. The lowest BCUT2D eigenvalue weighted by Gasteiger charge is -2.18. The summed E-state index contributed by atoms with van der Waals surface area (Å²) in [5, 5.41) is 12.7. The molecule has 8 heteroatoms. The minimum Gasteiger partial charge on any atom is -0.406 e.